The fraction of sp³-hybridized carbons (Fsp3) is 0.500. The Kier molecular flexibility index (Phi) is 6.84. The Balaban J connectivity index is 2.23. The largest absolute Gasteiger partial charge is 0.383 e. The van der Waals surface area contributed by atoms with E-state index >= 15 is 0 Å². The molecule has 0 saturated heterocycles. The lowest BCUT2D eigenvalue weighted by molar-refractivity contribution is 0.0954. The second kappa shape index (κ2) is 7.89. The average Bonchev–Trinajstić information content (AvgIpc) is 2.62. The van der Waals surface area contributed by atoms with Crippen molar-refractivity contribution >= 4 is 40.4 Å². The molecule has 17 heavy (non-hydrogen) atoms. The highest BCUT2D eigenvalue weighted by molar-refractivity contribution is 7.20. The Morgan fingerprint density at radius 2 is 2.18 bits per heavy atom. The van der Waals surface area contributed by atoms with Gasteiger partial charge in [-0.2, -0.15) is 0 Å². The van der Waals surface area contributed by atoms with Crippen LogP contribution in [0, 0.1) is 0 Å². The molecule has 0 saturated carbocycles. The van der Waals surface area contributed by atoms with Crippen LogP contribution >= 0.6 is 34.5 Å². The predicted octanol–water partition coefficient (Wildman–Crippen LogP) is 2.02. The molecule has 0 aliphatic carbocycles. The Morgan fingerprint density at radius 3 is 2.76 bits per heavy atom. The van der Waals surface area contributed by atoms with E-state index in [4.69, 9.17) is 27.9 Å². The smallest absolute Gasteiger partial charge is 0.253 e. The molecule has 0 aromatic carbocycles. The van der Waals surface area contributed by atoms with Crippen LogP contribution < -0.4 is 10.6 Å². The molecule has 1 amide bonds. The summed E-state index contributed by atoms with van der Waals surface area (Å²) in [6.07, 6.45) is 0. The van der Waals surface area contributed by atoms with Crippen molar-refractivity contribution in [3.8, 4) is 0 Å². The number of carbonyl (C=O) groups excluding carboxylic acids is 1. The molecule has 1 aromatic heterocycles. The molecule has 1 heterocycles. The topological polar surface area (TPSA) is 50.4 Å². The molecule has 0 unspecified atom stereocenters. The molecule has 7 heteroatoms. The third kappa shape index (κ3) is 5.23. The molecule has 2 N–H and O–H groups in total. The second-order valence-electron chi connectivity index (χ2n) is 3.24. The molecule has 0 aliphatic heterocycles. The number of rotatable bonds is 7. The first kappa shape index (κ1) is 14.7. The maximum atomic E-state index is 11.7. The van der Waals surface area contributed by atoms with E-state index in [0.717, 1.165) is 6.54 Å². The van der Waals surface area contributed by atoms with Crippen molar-refractivity contribution in [3.05, 3.63) is 20.3 Å². The number of hydrogen-bond donors (Lipinski definition) is 2. The van der Waals surface area contributed by atoms with Gasteiger partial charge >= 0.3 is 0 Å². The normalized spacial score (nSPS) is 10.5. The summed E-state index contributed by atoms with van der Waals surface area (Å²) in [5.41, 5.74) is 0.429. The summed E-state index contributed by atoms with van der Waals surface area (Å²) in [6.45, 7) is 2.63. The number of carbonyl (C=O) groups is 1. The van der Waals surface area contributed by atoms with Gasteiger partial charge in [-0.25, -0.2) is 0 Å². The average molecular weight is 297 g/mol. The molecule has 0 fully saturated rings. The van der Waals surface area contributed by atoms with Crippen molar-refractivity contribution in [1.82, 2.24) is 10.6 Å². The van der Waals surface area contributed by atoms with E-state index in [-0.39, 0.29) is 5.91 Å². The third-order valence-corrected chi connectivity index (χ3v) is 3.46. The van der Waals surface area contributed by atoms with E-state index < -0.39 is 0 Å². The quantitative estimate of drug-likeness (QED) is 0.757. The zero-order chi connectivity index (χ0) is 12.7. The van der Waals surface area contributed by atoms with Crippen molar-refractivity contribution in [2.75, 3.05) is 33.4 Å². The number of amides is 1. The van der Waals surface area contributed by atoms with Crippen LogP contribution in [0.2, 0.25) is 8.67 Å². The van der Waals surface area contributed by atoms with E-state index in [9.17, 15) is 4.79 Å². The molecular formula is C10H14Cl2N2O2S. The number of thiophene rings is 1. The first-order valence-electron chi connectivity index (χ1n) is 5.08. The third-order valence-electron chi connectivity index (χ3n) is 1.97. The summed E-state index contributed by atoms with van der Waals surface area (Å²) in [7, 11) is 1.64. The molecule has 0 spiro atoms. The second-order valence-corrected chi connectivity index (χ2v) is 5.52. The molecule has 1 aromatic rings. The lowest BCUT2D eigenvalue weighted by Gasteiger charge is -2.05. The van der Waals surface area contributed by atoms with Crippen LogP contribution in [0.1, 0.15) is 10.4 Å². The monoisotopic (exact) mass is 296 g/mol. The van der Waals surface area contributed by atoms with E-state index in [1.54, 1.807) is 13.2 Å². The van der Waals surface area contributed by atoms with Crippen molar-refractivity contribution in [3.63, 3.8) is 0 Å². The van der Waals surface area contributed by atoms with Gasteiger partial charge in [0.15, 0.2) is 0 Å². The Morgan fingerprint density at radius 1 is 1.41 bits per heavy atom. The first-order chi connectivity index (χ1) is 8.15. The van der Waals surface area contributed by atoms with Crippen LogP contribution in [0.5, 0.6) is 0 Å². The van der Waals surface area contributed by atoms with Gasteiger partial charge in [-0.05, 0) is 6.07 Å². The van der Waals surface area contributed by atoms with Crippen LogP contribution in [-0.2, 0) is 4.74 Å². The number of methoxy groups -OCH3 is 1. The van der Waals surface area contributed by atoms with Gasteiger partial charge in [0.2, 0.25) is 0 Å². The summed E-state index contributed by atoms with van der Waals surface area (Å²) < 4.78 is 5.81. The number of nitrogens with one attached hydrogen (secondary N) is 2. The molecule has 96 valence electrons. The van der Waals surface area contributed by atoms with Gasteiger partial charge in [0.1, 0.15) is 4.34 Å². The molecule has 0 radical (unpaired) electrons. The highest BCUT2D eigenvalue weighted by Gasteiger charge is 2.13. The summed E-state index contributed by atoms with van der Waals surface area (Å²) in [6, 6.07) is 1.57. The van der Waals surface area contributed by atoms with Crippen LogP contribution in [-0.4, -0.2) is 39.3 Å². The van der Waals surface area contributed by atoms with Crippen LogP contribution in [0.4, 0.5) is 0 Å². The van der Waals surface area contributed by atoms with Gasteiger partial charge in [-0.1, -0.05) is 23.2 Å². The Labute approximate surface area is 114 Å². The minimum Gasteiger partial charge on any atom is -0.383 e. The number of hydrogen-bond acceptors (Lipinski definition) is 4. The number of ether oxygens (including phenoxy) is 1. The van der Waals surface area contributed by atoms with E-state index in [2.05, 4.69) is 10.6 Å². The van der Waals surface area contributed by atoms with Gasteiger partial charge in [-0.15, -0.1) is 11.3 Å². The molecule has 0 bridgehead atoms. The molecule has 0 atom stereocenters. The SMILES string of the molecule is COCCNCCNC(=O)c1cc(Cl)sc1Cl. The first-order valence-corrected chi connectivity index (χ1v) is 6.65. The lowest BCUT2D eigenvalue weighted by atomic mass is 10.3. The summed E-state index contributed by atoms with van der Waals surface area (Å²) >= 11 is 12.8. The van der Waals surface area contributed by atoms with Crippen molar-refractivity contribution < 1.29 is 9.53 Å². The van der Waals surface area contributed by atoms with E-state index in [0.29, 0.717) is 33.9 Å². The summed E-state index contributed by atoms with van der Waals surface area (Å²) in [4.78, 5) is 11.7. The fourth-order valence-electron chi connectivity index (χ4n) is 1.15. The van der Waals surface area contributed by atoms with Crippen LogP contribution in [0.3, 0.4) is 0 Å². The van der Waals surface area contributed by atoms with Crippen molar-refractivity contribution in [1.29, 1.82) is 0 Å². The highest BCUT2D eigenvalue weighted by atomic mass is 35.5. The van der Waals surface area contributed by atoms with E-state index in [1.807, 2.05) is 0 Å². The molecule has 4 nitrogen and oxygen atoms in total. The van der Waals surface area contributed by atoms with Gasteiger partial charge in [0, 0.05) is 26.7 Å². The zero-order valence-corrected chi connectivity index (χ0v) is 11.7. The van der Waals surface area contributed by atoms with E-state index in [1.165, 1.54) is 11.3 Å². The summed E-state index contributed by atoms with van der Waals surface area (Å²) in [5.74, 6) is -0.202. The van der Waals surface area contributed by atoms with Crippen molar-refractivity contribution in [2.24, 2.45) is 0 Å². The zero-order valence-electron chi connectivity index (χ0n) is 9.39. The van der Waals surface area contributed by atoms with Crippen LogP contribution in [0.15, 0.2) is 6.07 Å². The Hall–Kier alpha value is -0.330. The minimum atomic E-state index is -0.202. The van der Waals surface area contributed by atoms with Gasteiger partial charge in [-0.3, -0.25) is 4.79 Å². The lowest BCUT2D eigenvalue weighted by Crippen LogP contribution is -2.33. The van der Waals surface area contributed by atoms with Gasteiger partial charge in [0.05, 0.1) is 16.5 Å². The standard InChI is InChI=1S/C10H14Cl2N2O2S/c1-16-5-4-13-2-3-14-10(15)7-6-8(11)17-9(7)12/h6,13H,2-5H2,1H3,(H,14,15). The molecular weight excluding hydrogens is 283 g/mol. The maximum Gasteiger partial charge on any atom is 0.253 e. The highest BCUT2D eigenvalue weighted by Crippen LogP contribution is 2.30. The predicted molar refractivity (Wildman–Crippen MR) is 71.4 cm³/mol. The van der Waals surface area contributed by atoms with Gasteiger partial charge < -0.3 is 15.4 Å². The number of halogens is 2. The Bertz CT molecular complexity index is 371. The van der Waals surface area contributed by atoms with Gasteiger partial charge in [0.25, 0.3) is 5.91 Å². The molecule has 1 rings (SSSR count). The maximum absolute atomic E-state index is 11.7. The minimum absolute atomic E-state index is 0.202. The van der Waals surface area contributed by atoms with Crippen LogP contribution in [0.25, 0.3) is 0 Å². The molecule has 0 aliphatic rings. The van der Waals surface area contributed by atoms with Crippen molar-refractivity contribution in [2.45, 2.75) is 0 Å². The fourth-order valence-corrected chi connectivity index (χ4v) is 2.61. The summed E-state index contributed by atoms with van der Waals surface area (Å²) in [5, 5.41) is 5.87.